The molecule has 2 aromatic rings. The summed E-state index contributed by atoms with van der Waals surface area (Å²) in [4.78, 5) is 4.26. The van der Waals surface area contributed by atoms with Crippen molar-refractivity contribution >= 4 is 20.0 Å². The van der Waals surface area contributed by atoms with Gasteiger partial charge in [0, 0.05) is 39.1 Å². The number of nitrogens with one attached hydrogen (secondary N) is 1. The van der Waals surface area contributed by atoms with Gasteiger partial charge in [-0.25, -0.2) is 21.6 Å². The van der Waals surface area contributed by atoms with Crippen molar-refractivity contribution < 1.29 is 16.8 Å². The summed E-state index contributed by atoms with van der Waals surface area (Å²) >= 11 is 0. The van der Waals surface area contributed by atoms with Gasteiger partial charge in [-0.05, 0) is 44.7 Å². The lowest BCUT2D eigenvalue weighted by atomic mass is 9.99. The second-order valence-corrected chi connectivity index (χ2v) is 10.7. The Morgan fingerprint density at radius 1 is 1.18 bits per heavy atom. The molecule has 3 rings (SSSR count). The van der Waals surface area contributed by atoms with Crippen molar-refractivity contribution in [3.8, 4) is 0 Å². The van der Waals surface area contributed by atoms with Crippen molar-refractivity contribution in [3.05, 3.63) is 35.9 Å². The van der Waals surface area contributed by atoms with Crippen LogP contribution in [0.25, 0.3) is 0 Å². The van der Waals surface area contributed by atoms with E-state index in [9.17, 15) is 16.8 Å². The molecule has 2 aromatic heterocycles. The molecule has 28 heavy (non-hydrogen) atoms. The molecule has 0 aromatic carbocycles. The molecule has 0 unspecified atom stereocenters. The largest absolute Gasteiger partial charge is 0.271 e. The third-order valence-electron chi connectivity index (χ3n) is 5.12. The van der Waals surface area contributed by atoms with Crippen LogP contribution in [0.3, 0.4) is 0 Å². The third kappa shape index (κ3) is 4.12. The SMILES string of the molecule is Cc1nn(C)c(C)c1S(=O)(=O)NCC1CCN(S(=O)(=O)c2cccnc2)CC1. The number of pyridine rings is 1. The minimum atomic E-state index is -3.66. The molecule has 1 aliphatic rings. The number of aryl methyl sites for hydroxylation is 2. The van der Waals surface area contributed by atoms with Crippen LogP contribution < -0.4 is 4.72 Å². The number of aromatic nitrogens is 3. The molecule has 1 saturated heterocycles. The van der Waals surface area contributed by atoms with E-state index in [1.807, 2.05) is 0 Å². The average Bonchev–Trinajstić information content (AvgIpc) is 2.93. The maximum absolute atomic E-state index is 12.7. The predicted molar refractivity (Wildman–Crippen MR) is 104 cm³/mol. The van der Waals surface area contributed by atoms with Crippen LogP contribution in [0.4, 0.5) is 0 Å². The van der Waals surface area contributed by atoms with Gasteiger partial charge >= 0.3 is 0 Å². The van der Waals surface area contributed by atoms with Gasteiger partial charge in [-0.3, -0.25) is 9.67 Å². The number of hydrogen-bond acceptors (Lipinski definition) is 6. The van der Waals surface area contributed by atoms with Crippen LogP contribution in [0.1, 0.15) is 24.2 Å². The van der Waals surface area contributed by atoms with Crippen LogP contribution in [-0.4, -0.2) is 55.5 Å². The monoisotopic (exact) mass is 427 g/mol. The zero-order chi connectivity index (χ0) is 20.5. The fourth-order valence-corrected chi connectivity index (χ4v) is 6.43. The van der Waals surface area contributed by atoms with Gasteiger partial charge in [0.2, 0.25) is 20.0 Å². The second-order valence-electron chi connectivity index (χ2n) is 7.01. The van der Waals surface area contributed by atoms with Gasteiger partial charge in [-0.15, -0.1) is 0 Å². The van der Waals surface area contributed by atoms with Gasteiger partial charge in [0.15, 0.2) is 0 Å². The normalized spacial score (nSPS) is 17.1. The molecule has 0 aliphatic carbocycles. The van der Waals surface area contributed by atoms with Crippen LogP contribution in [0.2, 0.25) is 0 Å². The molecule has 1 N–H and O–H groups in total. The molecule has 154 valence electrons. The lowest BCUT2D eigenvalue weighted by Gasteiger charge is -2.31. The van der Waals surface area contributed by atoms with Crippen LogP contribution in [0, 0.1) is 19.8 Å². The van der Waals surface area contributed by atoms with Crippen molar-refractivity contribution in [1.29, 1.82) is 0 Å². The maximum Gasteiger partial charge on any atom is 0.244 e. The zero-order valence-corrected chi connectivity index (χ0v) is 17.8. The lowest BCUT2D eigenvalue weighted by molar-refractivity contribution is 0.274. The van der Waals surface area contributed by atoms with E-state index in [0.29, 0.717) is 37.3 Å². The fraction of sp³-hybridized carbons (Fsp3) is 0.529. The standard InChI is InChI=1S/C17H25N5O4S2/c1-13-17(14(2)21(3)20-13)27(23,24)19-11-15-6-9-22(10-7-15)28(25,26)16-5-4-8-18-12-16/h4-5,8,12,15,19H,6-7,9-11H2,1-3H3. The first-order valence-corrected chi connectivity index (χ1v) is 12.0. The Kier molecular flexibility index (Phi) is 5.89. The first-order valence-electron chi connectivity index (χ1n) is 9.03. The summed E-state index contributed by atoms with van der Waals surface area (Å²) in [6, 6.07) is 3.12. The highest BCUT2D eigenvalue weighted by atomic mass is 32.2. The summed E-state index contributed by atoms with van der Waals surface area (Å²) < 4.78 is 56.2. The third-order valence-corrected chi connectivity index (χ3v) is 8.68. The smallest absolute Gasteiger partial charge is 0.244 e. The van der Waals surface area contributed by atoms with Crippen molar-refractivity contribution in [2.24, 2.45) is 13.0 Å². The molecule has 3 heterocycles. The summed E-state index contributed by atoms with van der Waals surface area (Å²) in [5.74, 6) is 0.0763. The van der Waals surface area contributed by atoms with Gasteiger partial charge < -0.3 is 0 Å². The first kappa shape index (κ1) is 20.9. The fourth-order valence-electron chi connectivity index (χ4n) is 3.45. The quantitative estimate of drug-likeness (QED) is 0.730. The summed E-state index contributed by atoms with van der Waals surface area (Å²) in [6.45, 7) is 4.37. The molecule has 11 heteroatoms. The highest BCUT2D eigenvalue weighted by Gasteiger charge is 2.31. The van der Waals surface area contributed by atoms with Crippen LogP contribution in [-0.2, 0) is 27.1 Å². The lowest BCUT2D eigenvalue weighted by Crippen LogP contribution is -2.41. The molecule has 0 amide bonds. The van der Waals surface area contributed by atoms with E-state index in [0.717, 1.165) is 0 Å². The summed E-state index contributed by atoms with van der Waals surface area (Å²) in [6.07, 6.45) is 4.05. The highest BCUT2D eigenvalue weighted by molar-refractivity contribution is 7.89. The van der Waals surface area contributed by atoms with E-state index in [4.69, 9.17) is 0 Å². The molecule has 1 aliphatic heterocycles. The summed E-state index contributed by atoms with van der Waals surface area (Å²) in [5, 5.41) is 4.16. The summed E-state index contributed by atoms with van der Waals surface area (Å²) in [7, 11) is -5.51. The Balaban J connectivity index is 1.60. The van der Waals surface area contributed by atoms with Crippen LogP contribution in [0.15, 0.2) is 34.3 Å². The Morgan fingerprint density at radius 3 is 2.39 bits per heavy atom. The second kappa shape index (κ2) is 7.90. The Labute approximate surface area is 165 Å². The van der Waals surface area contributed by atoms with E-state index < -0.39 is 20.0 Å². The Bertz CT molecular complexity index is 1040. The number of nitrogens with zero attached hydrogens (tertiary/aromatic N) is 4. The Morgan fingerprint density at radius 2 is 1.86 bits per heavy atom. The predicted octanol–water partition coefficient (Wildman–Crippen LogP) is 0.811. The molecule has 0 spiro atoms. The van der Waals surface area contributed by atoms with E-state index in [-0.39, 0.29) is 22.3 Å². The van der Waals surface area contributed by atoms with Crippen LogP contribution >= 0.6 is 0 Å². The number of sulfonamides is 2. The molecule has 0 bridgehead atoms. The van der Waals surface area contributed by atoms with Crippen molar-refractivity contribution in [1.82, 2.24) is 23.8 Å². The maximum atomic E-state index is 12.7. The molecule has 1 fully saturated rings. The zero-order valence-electron chi connectivity index (χ0n) is 16.2. The van der Waals surface area contributed by atoms with Crippen molar-refractivity contribution in [2.75, 3.05) is 19.6 Å². The number of hydrogen-bond donors (Lipinski definition) is 1. The van der Waals surface area contributed by atoms with Gasteiger partial charge in [0.05, 0.1) is 11.4 Å². The van der Waals surface area contributed by atoms with Gasteiger partial charge in [0.25, 0.3) is 0 Å². The van der Waals surface area contributed by atoms with E-state index in [1.165, 1.54) is 22.8 Å². The minimum Gasteiger partial charge on any atom is -0.271 e. The highest BCUT2D eigenvalue weighted by Crippen LogP contribution is 2.24. The van der Waals surface area contributed by atoms with Crippen LogP contribution in [0.5, 0.6) is 0 Å². The molecule has 0 atom stereocenters. The van der Waals surface area contributed by atoms with E-state index >= 15 is 0 Å². The number of rotatable bonds is 6. The van der Waals surface area contributed by atoms with Gasteiger partial charge in [-0.1, -0.05) is 0 Å². The average molecular weight is 428 g/mol. The number of piperidine rings is 1. The Hall–Kier alpha value is -1.82. The first-order chi connectivity index (χ1) is 13.1. The molecule has 0 radical (unpaired) electrons. The van der Waals surface area contributed by atoms with Crippen molar-refractivity contribution in [3.63, 3.8) is 0 Å². The van der Waals surface area contributed by atoms with E-state index in [1.54, 1.807) is 31.6 Å². The summed E-state index contributed by atoms with van der Waals surface area (Å²) in [5.41, 5.74) is 1.05. The van der Waals surface area contributed by atoms with Crippen molar-refractivity contribution in [2.45, 2.75) is 36.5 Å². The molecule has 9 nitrogen and oxygen atoms in total. The molecular weight excluding hydrogens is 402 g/mol. The van der Waals surface area contributed by atoms with Gasteiger partial charge in [-0.2, -0.15) is 9.40 Å². The van der Waals surface area contributed by atoms with Gasteiger partial charge in [0.1, 0.15) is 9.79 Å². The molecular formula is C17H25N5O4S2. The minimum absolute atomic E-state index is 0.0763. The molecule has 0 saturated carbocycles. The van der Waals surface area contributed by atoms with E-state index in [2.05, 4.69) is 14.8 Å². The topological polar surface area (TPSA) is 114 Å².